The van der Waals surface area contributed by atoms with Crippen molar-refractivity contribution >= 4 is 22.6 Å². The second-order valence-electron chi connectivity index (χ2n) is 4.65. The number of fused-ring (bicyclic) bond motifs is 1. The minimum atomic E-state index is -1.11. The molecule has 2 aromatic heterocycles. The molecule has 0 aliphatic heterocycles. The van der Waals surface area contributed by atoms with Crippen LogP contribution in [0.1, 0.15) is 16.2 Å². The average Bonchev–Trinajstić information content (AvgIpc) is 2.88. The normalized spacial score (nSPS) is 10.8. The first-order valence-electron chi connectivity index (χ1n) is 6.31. The number of nitro groups is 1. The van der Waals surface area contributed by atoms with E-state index in [0.717, 1.165) is 0 Å². The molecule has 0 saturated carbocycles. The zero-order chi connectivity index (χ0) is 15.9. The fraction of sp³-hybridized carbons (Fsp3) is 0.0714. The lowest BCUT2D eigenvalue weighted by Crippen LogP contribution is -2.02. The zero-order valence-electron chi connectivity index (χ0n) is 11.4. The van der Waals surface area contributed by atoms with Crippen LogP contribution in [-0.2, 0) is 0 Å². The molecule has 22 heavy (non-hydrogen) atoms. The predicted octanol–water partition coefficient (Wildman–Crippen LogP) is 2.34. The Balaban J connectivity index is 2.21. The van der Waals surface area contributed by atoms with Gasteiger partial charge in [0.25, 0.3) is 0 Å². The standard InChI is InChI=1S/C14H10N4O4/c1-8-13(18(21)22)7-17(16-8)12-4-2-3-10-9(12)5-6-11(15-10)14(19)20/h2-7H,1H3,(H,19,20). The van der Waals surface area contributed by atoms with Crippen molar-refractivity contribution in [3.8, 4) is 5.69 Å². The number of pyridine rings is 1. The van der Waals surface area contributed by atoms with Crippen LogP contribution in [0.15, 0.2) is 36.5 Å². The van der Waals surface area contributed by atoms with Crippen molar-refractivity contribution in [1.29, 1.82) is 0 Å². The van der Waals surface area contributed by atoms with Gasteiger partial charge in [-0.3, -0.25) is 10.1 Å². The molecule has 0 amide bonds. The van der Waals surface area contributed by atoms with Crippen LogP contribution in [0.25, 0.3) is 16.6 Å². The number of carboxylic acid groups (broad SMARTS) is 1. The van der Waals surface area contributed by atoms with Gasteiger partial charge in [0.15, 0.2) is 0 Å². The second kappa shape index (κ2) is 4.92. The Morgan fingerprint density at radius 1 is 1.32 bits per heavy atom. The summed E-state index contributed by atoms with van der Waals surface area (Å²) in [6.07, 6.45) is 1.33. The largest absolute Gasteiger partial charge is 0.477 e. The quantitative estimate of drug-likeness (QED) is 0.586. The van der Waals surface area contributed by atoms with E-state index >= 15 is 0 Å². The highest BCUT2D eigenvalue weighted by atomic mass is 16.6. The Morgan fingerprint density at radius 3 is 2.73 bits per heavy atom. The van der Waals surface area contributed by atoms with Gasteiger partial charge in [-0.25, -0.2) is 14.5 Å². The number of rotatable bonds is 3. The van der Waals surface area contributed by atoms with Gasteiger partial charge in [0.05, 0.1) is 16.1 Å². The van der Waals surface area contributed by atoms with E-state index in [1.54, 1.807) is 31.2 Å². The molecule has 0 aliphatic rings. The summed E-state index contributed by atoms with van der Waals surface area (Å²) in [6.45, 7) is 1.56. The molecule has 0 unspecified atom stereocenters. The Kier molecular flexibility index (Phi) is 3.06. The highest BCUT2D eigenvalue weighted by molar-refractivity contribution is 5.92. The number of carboxylic acids is 1. The van der Waals surface area contributed by atoms with Crippen molar-refractivity contribution in [3.63, 3.8) is 0 Å². The summed E-state index contributed by atoms with van der Waals surface area (Å²) in [4.78, 5) is 25.4. The monoisotopic (exact) mass is 298 g/mol. The molecule has 3 rings (SSSR count). The zero-order valence-corrected chi connectivity index (χ0v) is 11.4. The van der Waals surface area contributed by atoms with Crippen molar-refractivity contribution in [2.24, 2.45) is 0 Å². The maximum absolute atomic E-state index is 11.0. The molecular formula is C14H10N4O4. The Labute approximate surface area is 123 Å². The van der Waals surface area contributed by atoms with Crippen molar-refractivity contribution in [1.82, 2.24) is 14.8 Å². The van der Waals surface area contributed by atoms with Crippen LogP contribution in [0, 0.1) is 17.0 Å². The van der Waals surface area contributed by atoms with Crippen LogP contribution in [0.5, 0.6) is 0 Å². The summed E-state index contributed by atoms with van der Waals surface area (Å²) in [5.41, 5.74) is 1.24. The van der Waals surface area contributed by atoms with E-state index in [-0.39, 0.29) is 11.4 Å². The van der Waals surface area contributed by atoms with Crippen molar-refractivity contribution in [2.45, 2.75) is 6.92 Å². The number of aromatic carboxylic acids is 1. The molecule has 0 aliphatic carbocycles. The fourth-order valence-electron chi connectivity index (χ4n) is 2.21. The van der Waals surface area contributed by atoms with Gasteiger partial charge in [0.2, 0.25) is 0 Å². The summed E-state index contributed by atoms with van der Waals surface area (Å²) in [5.74, 6) is -1.11. The summed E-state index contributed by atoms with van der Waals surface area (Å²) in [6, 6.07) is 8.11. The Morgan fingerprint density at radius 2 is 2.09 bits per heavy atom. The third-order valence-corrected chi connectivity index (χ3v) is 3.24. The van der Waals surface area contributed by atoms with Crippen LogP contribution >= 0.6 is 0 Å². The highest BCUT2D eigenvalue weighted by Gasteiger charge is 2.17. The van der Waals surface area contributed by atoms with Gasteiger partial charge < -0.3 is 5.11 Å². The number of aromatic nitrogens is 3. The lowest BCUT2D eigenvalue weighted by molar-refractivity contribution is -0.385. The first-order valence-corrected chi connectivity index (χ1v) is 6.31. The third-order valence-electron chi connectivity index (χ3n) is 3.24. The lowest BCUT2D eigenvalue weighted by atomic mass is 10.1. The predicted molar refractivity (Wildman–Crippen MR) is 77.2 cm³/mol. The van der Waals surface area contributed by atoms with Crippen molar-refractivity contribution in [3.05, 3.63) is 58.0 Å². The van der Waals surface area contributed by atoms with Gasteiger partial charge in [-0.1, -0.05) is 6.07 Å². The minimum Gasteiger partial charge on any atom is -0.477 e. The highest BCUT2D eigenvalue weighted by Crippen LogP contribution is 2.24. The maximum atomic E-state index is 11.0. The molecule has 0 fully saturated rings. The summed E-state index contributed by atoms with van der Waals surface area (Å²) < 4.78 is 1.40. The molecule has 0 bridgehead atoms. The van der Waals surface area contributed by atoms with E-state index in [2.05, 4.69) is 10.1 Å². The summed E-state index contributed by atoms with van der Waals surface area (Å²) in [5, 5.41) is 24.7. The average molecular weight is 298 g/mol. The fourth-order valence-corrected chi connectivity index (χ4v) is 2.21. The van der Waals surface area contributed by atoms with Crippen LogP contribution in [0.4, 0.5) is 5.69 Å². The van der Waals surface area contributed by atoms with Crippen LogP contribution in [-0.4, -0.2) is 30.8 Å². The minimum absolute atomic E-state index is 0.0627. The van der Waals surface area contributed by atoms with Gasteiger partial charge >= 0.3 is 11.7 Å². The molecule has 1 aromatic carbocycles. The molecule has 3 aromatic rings. The first-order chi connectivity index (χ1) is 10.5. The van der Waals surface area contributed by atoms with Crippen molar-refractivity contribution < 1.29 is 14.8 Å². The third kappa shape index (κ3) is 2.16. The molecule has 1 N–H and O–H groups in total. The number of aryl methyl sites for hydroxylation is 1. The molecule has 0 spiro atoms. The van der Waals surface area contributed by atoms with E-state index in [1.165, 1.54) is 16.9 Å². The maximum Gasteiger partial charge on any atom is 0.354 e. The van der Waals surface area contributed by atoms with Gasteiger partial charge in [0, 0.05) is 5.39 Å². The Bertz CT molecular complexity index is 916. The van der Waals surface area contributed by atoms with E-state index in [0.29, 0.717) is 22.3 Å². The smallest absolute Gasteiger partial charge is 0.354 e. The topological polar surface area (TPSA) is 111 Å². The van der Waals surface area contributed by atoms with E-state index in [4.69, 9.17) is 5.11 Å². The molecule has 0 radical (unpaired) electrons. The molecule has 0 atom stereocenters. The lowest BCUT2D eigenvalue weighted by Gasteiger charge is -2.06. The van der Waals surface area contributed by atoms with Crippen LogP contribution in [0.3, 0.4) is 0 Å². The molecule has 2 heterocycles. The first kappa shape index (κ1) is 13.7. The van der Waals surface area contributed by atoms with E-state index in [9.17, 15) is 14.9 Å². The molecule has 110 valence electrons. The molecule has 0 saturated heterocycles. The van der Waals surface area contributed by atoms with Gasteiger partial charge in [-0.15, -0.1) is 0 Å². The number of hydrogen-bond donors (Lipinski definition) is 1. The van der Waals surface area contributed by atoms with Crippen LogP contribution in [0.2, 0.25) is 0 Å². The number of nitrogens with zero attached hydrogens (tertiary/aromatic N) is 4. The van der Waals surface area contributed by atoms with E-state index < -0.39 is 10.9 Å². The van der Waals surface area contributed by atoms with Crippen molar-refractivity contribution in [2.75, 3.05) is 0 Å². The van der Waals surface area contributed by atoms with Gasteiger partial charge in [-0.2, -0.15) is 5.10 Å². The summed E-state index contributed by atoms with van der Waals surface area (Å²) >= 11 is 0. The number of benzene rings is 1. The number of carbonyl (C=O) groups is 1. The van der Waals surface area contributed by atoms with Gasteiger partial charge in [-0.05, 0) is 31.2 Å². The molecule has 8 heteroatoms. The van der Waals surface area contributed by atoms with Gasteiger partial charge in [0.1, 0.15) is 17.6 Å². The number of hydrogen-bond acceptors (Lipinski definition) is 5. The Hall–Kier alpha value is -3.29. The SMILES string of the molecule is Cc1nn(-c2cccc3nc(C(=O)O)ccc23)cc1[N+](=O)[O-]. The second-order valence-corrected chi connectivity index (χ2v) is 4.65. The molecule has 8 nitrogen and oxygen atoms in total. The summed E-state index contributed by atoms with van der Waals surface area (Å²) in [7, 11) is 0. The molecular weight excluding hydrogens is 288 g/mol. The van der Waals surface area contributed by atoms with E-state index in [1.807, 2.05) is 0 Å². The van der Waals surface area contributed by atoms with Crippen LogP contribution < -0.4 is 0 Å².